The highest BCUT2D eigenvalue weighted by atomic mass is 32.1. The highest BCUT2D eigenvalue weighted by Crippen LogP contribution is 2.52. The quantitative estimate of drug-likeness (QED) is 0.160. The van der Waals surface area contributed by atoms with Crippen molar-refractivity contribution in [2.24, 2.45) is 0 Å². The molecule has 0 saturated heterocycles. The van der Waals surface area contributed by atoms with Crippen LogP contribution in [-0.2, 0) is 5.41 Å². The van der Waals surface area contributed by atoms with E-state index < -0.39 is 0 Å². The van der Waals surface area contributed by atoms with Gasteiger partial charge in [-0.25, -0.2) is 9.97 Å². The normalized spacial score (nSPS) is 12.9. The molecule has 398 valence electrons. The number of fused-ring (bicyclic) bond motifs is 16. The summed E-state index contributed by atoms with van der Waals surface area (Å²) in [5.41, 5.74) is 22.8. The van der Waals surface area contributed by atoms with Gasteiger partial charge in [0.15, 0.2) is 0 Å². The average molecular weight is 1100 g/mol. The SMILES string of the molecule is CC1(C)c2ccc(-c3ccc4c(c3)c3cc5c(cc3n4-c3nc(-c4ccccc4)cc(-c4ccccc4)n3)c3ccccc3n5-c3ccccc3)cc2-c2cc(-c3ccc4c(c3)c3ccc5c6ccccc6sc5c3n4-c3ccccc3)ccc21. The van der Waals surface area contributed by atoms with Crippen LogP contribution in [0.4, 0.5) is 0 Å². The summed E-state index contributed by atoms with van der Waals surface area (Å²) < 4.78 is 9.82. The molecule has 0 saturated carbocycles. The van der Waals surface area contributed by atoms with E-state index in [1.807, 2.05) is 11.3 Å². The van der Waals surface area contributed by atoms with Gasteiger partial charge in [-0.3, -0.25) is 4.57 Å². The fourth-order valence-electron chi connectivity index (χ4n) is 14.2. The van der Waals surface area contributed by atoms with E-state index in [1.54, 1.807) is 0 Å². The van der Waals surface area contributed by atoms with Crippen LogP contribution in [-0.4, -0.2) is 23.7 Å². The minimum atomic E-state index is -0.183. The molecule has 12 aromatic carbocycles. The molecule has 5 nitrogen and oxygen atoms in total. The molecule has 1 aliphatic carbocycles. The second-order valence-corrected chi connectivity index (χ2v) is 24.3. The van der Waals surface area contributed by atoms with E-state index in [0.29, 0.717) is 5.95 Å². The molecular weight excluding hydrogens is 1050 g/mol. The van der Waals surface area contributed by atoms with Crippen molar-refractivity contribution in [2.75, 3.05) is 0 Å². The second kappa shape index (κ2) is 18.2. The molecule has 5 heterocycles. The lowest BCUT2D eigenvalue weighted by Gasteiger charge is -2.21. The van der Waals surface area contributed by atoms with Crippen LogP contribution in [0.1, 0.15) is 25.0 Å². The van der Waals surface area contributed by atoms with Gasteiger partial charge in [0.25, 0.3) is 0 Å². The summed E-state index contributed by atoms with van der Waals surface area (Å²) in [6.45, 7) is 4.76. The van der Waals surface area contributed by atoms with Crippen LogP contribution in [0.3, 0.4) is 0 Å². The number of aromatic nitrogens is 5. The van der Waals surface area contributed by atoms with Gasteiger partial charge in [0.1, 0.15) is 0 Å². The van der Waals surface area contributed by atoms with Crippen molar-refractivity contribution < 1.29 is 0 Å². The Morgan fingerprint density at radius 2 is 0.753 bits per heavy atom. The Labute approximate surface area is 494 Å². The molecule has 1 aliphatic rings. The van der Waals surface area contributed by atoms with Gasteiger partial charge in [-0.05, 0) is 136 Å². The van der Waals surface area contributed by atoms with E-state index >= 15 is 0 Å². The lowest BCUT2D eigenvalue weighted by atomic mass is 9.82. The van der Waals surface area contributed by atoms with Crippen LogP contribution < -0.4 is 0 Å². The van der Waals surface area contributed by atoms with E-state index in [1.165, 1.54) is 97.4 Å². The molecule has 17 aromatic rings. The Hall–Kier alpha value is -10.7. The molecule has 0 radical (unpaired) electrons. The van der Waals surface area contributed by atoms with Gasteiger partial charge in [-0.2, -0.15) is 0 Å². The zero-order valence-corrected chi connectivity index (χ0v) is 47.4. The minimum Gasteiger partial charge on any atom is -0.309 e. The van der Waals surface area contributed by atoms with Crippen LogP contribution in [0.5, 0.6) is 0 Å². The topological polar surface area (TPSA) is 40.6 Å². The Kier molecular flexibility index (Phi) is 10.2. The molecule has 5 aromatic heterocycles. The summed E-state index contributed by atoms with van der Waals surface area (Å²) in [6, 6.07) is 100. The number of nitrogens with zero attached hydrogens (tertiary/aromatic N) is 5. The van der Waals surface area contributed by atoms with Gasteiger partial charge in [0.05, 0.1) is 49.2 Å². The molecule has 0 atom stereocenters. The second-order valence-electron chi connectivity index (χ2n) is 23.3. The number of para-hydroxylation sites is 3. The first kappa shape index (κ1) is 47.9. The zero-order valence-electron chi connectivity index (χ0n) is 46.6. The van der Waals surface area contributed by atoms with Gasteiger partial charge in [-0.15, -0.1) is 11.3 Å². The van der Waals surface area contributed by atoms with E-state index in [0.717, 1.165) is 66.6 Å². The van der Waals surface area contributed by atoms with E-state index in [4.69, 9.17) is 9.97 Å². The first-order valence-corrected chi connectivity index (χ1v) is 30.0. The Balaban J connectivity index is 0.819. The molecule has 0 N–H and O–H groups in total. The predicted molar refractivity (Wildman–Crippen MR) is 357 cm³/mol. The highest BCUT2D eigenvalue weighted by molar-refractivity contribution is 7.26. The molecule has 0 aliphatic heterocycles. The number of thiophene rings is 1. The van der Waals surface area contributed by atoms with Crippen molar-refractivity contribution in [1.82, 2.24) is 23.7 Å². The molecular formula is C79H51N5S. The van der Waals surface area contributed by atoms with E-state index in [9.17, 15) is 0 Å². The highest BCUT2D eigenvalue weighted by Gasteiger charge is 2.36. The zero-order chi connectivity index (χ0) is 56.1. The molecule has 18 rings (SSSR count). The fraction of sp³-hybridized carbons (Fsp3) is 0.0380. The van der Waals surface area contributed by atoms with Crippen molar-refractivity contribution in [3.8, 4) is 73.2 Å². The summed E-state index contributed by atoms with van der Waals surface area (Å²) in [5, 5.41) is 9.77. The third-order valence-electron chi connectivity index (χ3n) is 18.3. The Morgan fingerprint density at radius 3 is 1.38 bits per heavy atom. The standard InChI is InChI=1S/C79H51N5S/c1-79(2)66-37-31-50(52-33-39-71-62(43-52)58-35-36-59-57-28-16-18-30-75(57)85-77(59)76(58)83(71)55-25-13-6-14-26-55)41-60(66)61-42-51(32-38-67(61)79)53-34-40-72-63(44-53)65-46-73-64(56-27-15-17-29-70(56)82(73)54-23-11-5-12-24-54)45-74(65)84(72)78-80-68(48-19-7-3-8-20-48)47-69(81-78)49-21-9-4-10-22-49/h3-47H,1-2H3. The average Bonchev–Trinajstić information content (AvgIpc) is 1.83. The van der Waals surface area contributed by atoms with Crippen LogP contribution >= 0.6 is 11.3 Å². The van der Waals surface area contributed by atoms with Crippen LogP contribution in [0, 0.1) is 0 Å². The third kappa shape index (κ3) is 7.16. The van der Waals surface area contributed by atoms with E-state index in [2.05, 4.69) is 301 Å². The fourth-order valence-corrected chi connectivity index (χ4v) is 15.5. The van der Waals surface area contributed by atoms with Crippen LogP contribution in [0.15, 0.2) is 273 Å². The minimum absolute atomic E-state index is 0.183. The van der Waals surface area contributed by atoms with Gasteiger partial charge >= 0.3 is 0 Å². The number of benzene rings is 12. The summed E-state index contributed by atoms with van der Waals surface area (Å²) >= 11 is 1.89. The Morgan fingerprint density at radius 1 is 0.306 bits per heavy atom. The monoisotopic (exact) mass is 1100 g/mol. The molecule has 0 fully saturated rings. The predicted octanol–water partition coefficient (Wildman–Crippen LogP) is 21.1. The molecule has 0 spiro atoms. The molecule has 85 heavy (non-hydrogen) atoms. The van der Waals surface area contributed by atoms with Crippen molar-refractivity contribution in [2.45, 2.75) is 19.3 Å². The molecule has 0 unspecified atom stereocenters. The van der Waals surface area contributed by atoms with Crippen LogP contribution in [0.2, 0.25) is 0 Å². The van der Waals surface area contributed by atoms with Crippen molar-refractivity contribution >= 4 is 96.9 Å². The largest absolute Gasteiger partial charge is 0.309 e. The maximum absolute atomic E-state index is 5.46. The maximum Gasteiger partial charge on any atom is 0.235 e. The van der Waals surface area contributed by atoms with Gasteiger partial charge < -0.3 is 9.13 Å². The molecule has 0 bridgehead atoms. The van der Waals surface area contributed by atoms with Gasteiger partial charge in [0, 0.05) is 75.7 Å². The van der Waals surface area contributed by atoms with Crippen LogP contribution in [0.25, 0.3) is 159 Å². The van der Waals surface area contributed by atoms with E-state index in [-0.39, 0.29) is 5.41 Å². The first-order valence-electron chi connectivity index (χ1n) is 29.2. The van der Waals surface area contributed by atoms with Crippen molar-refractivity contribution in [1.29, 1.82) is 0 Å². The summed E-state index contributed by atoms with van der Waals surface area (Å²) in [7, 11) is 0. The number of hydrogen-bond donors (Lipinski definition) is 0. The Bertz CT molecular complexity index is 5550. The van der Waals surface area contributed by atoms with Gasteiger partial charge in [-0.1, -0.05) is 196 Å². The maximum atomic E-state index is 5.46. The third-order valence-corrected chi connectivity index (χ3v) is 19.4. The lowest BCUT2D eigenvalue weighted by Crippen LogP contribution is -2.14. The molecule has 6 heteroatoms. The first-order chi connectivity index (χ1) is 41.9. The van der Waals surface area contributed by atoms with Crippen molar-refractivity contribution in [3.63, 3.8) is 0 Å². The summed E-state index contributed by atoms with van der Waals surface area (Å²) in [4.78, 5) is 10.9. The smallest absolute Gasteiger partial charge is 0.235 e. The van der Waals surface area contributed by atoms with Crippen molar-refractivity contribution in [3.05, 3.63) is 284 Å². The van der Waals surface area contributed by atoms with Gasteiger partial charge in [0.2, 0.25) is 5.95 Å². The number of rotatable bonds is 7. The lowest BCUT2D eigenvalue weighted by molar-refractivity contribution is 0.660. The summed E-state index contributed by atoms with van der Waals surface area (Å²) in [6.07, 6.45) is 0. The summed E-state index contributed by atoms with van der Waals surface area (Å²) in [5.74, 6) is 0.626. The number of hydrogen-bond acceptors (Lipinski definition) is 3. The molecule has 0 amide bonds.